The van der Waals surface area contributed by atoms with Crippen LogP contribution in [0.3, 0.4) is 0 Å². The number of aliphatic carboxylic acids is 1. The molecule has 2 N–H and O–H groups in total. The lowest BCUT2D eigenvalue weighted by Gasteiger charge is -2.37. The molecule has 1 fully saturated rings. The smallest absolute Gasteiger partial charge is 0.410 e. The number of carboxylic acids is 1. The van der Waals surface area contributed by atoms with Gasteiger partial charge in [0.05, 0.1) is 0 Å². The predicted molar refractivity (Wildman–Crippen MR) is 119 cm³/mol. The van der Waals surface area contributed by atoms with Crippen LogP contribution in [0.2, 0.25) is 0 Å². The molecule has 1 unspecified atom stereocenters. The average Bonchev–Trinajstić information content (AvgIpc) is 2.73. The third kappa shape index (κ3) is 11.4. The molecule has 31 heavy (non-hydrogen) atoms. The highest BCUT2D eigenvalue weighted by Crippen LogP contribution is 2.38. The molecule has 1 saturated carbocycles. The molecular formula is C24H37NO6. The van der Waals surface area contributed by atoms with Crippen LogP contribution in [-0.2, 0) is 25.5 Å². The Labute approximate surface area is 185 Å². The van der Waals surface area contributed by atoms with E-state index in [1.54, 1.807) is 6.92 Å². The van der Waals surface area contributed by atoms with E-state index in [4.69, 9.17) is 19.4 Å². The molecule has 7 heteroatoms. The maximum Gasteiger partial charge on any atom is 0.410 e. The van der Waals surface area contributed by atoms with Crippen LogP contribution in [0.4, 0.5) is 4.79 Å². The molecule has 1 atom stereocenters. The molecule has 0 aliphatic heterocycles. The third-order valence-electron chi connectivity index (χ3n) is 5.26. The van der Waals surface area contributed by atoms with Crippen molar-refractivity contribution < 1.29 is 29.0 Å². The predicted octanol–water partition coefficient (Wildman–Crippen LogP) is 5.08. The summed E-state index contributed by atoms with van der Waals surface area (Å²) in [5.74, 6) is -1.19. The summed E-state index contributed by atoms with van der Waals surface area (Å²) in [7, 11) is 0. The number of alkyl carbamates (subject to hydrolysis) is 1. The Morgan fingerprint density at radius 1 is 1.06 bits per heavy atom. The van der Waals surface area contributed by atoms with Crippen LogP contribution in [0.15, 0.2) is 30.3 Å². The second-order valence-electron chi connectivity index (χ2n) is 8.06. The third-order valence-corrected chi connectivity index (χ3v) is 5.26. The summed E-state index contributed by atoms with van der Waals surface area (Å²) in [6.45, 7) is 5.36. The number of benzene rings is 1. The Kier molecular flexibility index (Phi) is 12.3. The van der Waals surface area contributed by atoms with Crippen LogP contribution >= 0.6 is 0 Å². The number of carbonyl (C=O) groups is 3. The molecule has 1 aliphatic rings. The molecule has 2 rings (SSSR count). The van der Waals surface area contributed by atoms with E-state index in [0.717, 1.165) is 32.6 Å². The van der Waals surface area contributed by atoms with Gasteiger partial charge in [-0.25, -0.2) is 4.79 Å². The van der Waals surface area contributed by atoms with E-state index in [9.17, 15) is 9.59 Å². The molecular weight excluding hydrogens is 398 g/mol. The molecule has 1 amide bonds. The number of nitrogens with one attached hydrogen (secondary N) is 1. The van der Waals surface area contributed by atoms with E-state index in [1.165, 1.54) is 24.8 Å². The maximum absolute atomic E-state index is 12.3. The zero-order valence-corrected chi connectivity index (χ0v) is 19.0. The Bertz CT molecular complexity index is 666. The van der Waals surface area contributed by atoms with Crippen molar-refractivity contribution in [2.45, 2.75) is 84.8 Å². The fourth-order valence-electron chi connectivity index (χ4n) is 3.77. The molecule has 0 spiro atoms. The Morgan fingerprint density at radius 2 is 1.68 bits per heavy atom. The monoisotopic (exact) mass is 435 g/mol. The minimum absolute atomic E-state index is 0.0684. The van der Waals surface area contributed by atoms with Gasteiger partial charge in [0, 0.05) is 26.3 Å². The molecule has 0 heterocycles. The lowest BCUT2D eigenvalue weighted by atomic mass is 9.70. The highest BCUT2D eigenvalue weighted by atomic mass is 16.7. The zero-order valence-electron chi connectivity index (χ0n) is 19.0. The van der Waals surface area contributed by atoms with Crippen LogP contribution in [-0.4, -0.2) is 36.0 Å². The Hall–Kier alpha value is -2.57. The molecule has 1 aromatic carbocycles. The van der Waals surface area contributed by atoms with Crippen LogP contribution in [0.5, 0.6) is 0 Å². The largest absolute Gasteiger partial charge is 0.481 e. The van der Waals surface area contributed by atoms with Crippen molar-refractivity contribution in [3.63, 3.8) is 0 Å². The van der Waals surface area contributed by atoms with Gasteiger partial charge in [-0.2, -0.15) is 0 Å². The molecule has 174 valence electrons. The van der Waals surface area contributed by atoms with Gasteiger partial charge in [-0.15, -0.1) is 0 Å². The second-order valence-corrected chi connectivity index (χ2v) is 8.06. The van der Waals surface area contributed by atoms with Gasteiger partial charge in [-0.3, -0.25) is 9.59 Å². The molecule has 0 radical (unpaired) electrons. The Morgan fingerprint density at radius 3 is 2.23 bits per heavy atom. The number of hydrogen-bond acceptors (Lipinski definition) is 5. The van der Waals surface area contributed by atoms with Gasteiger partial charge in [-0.05, 0) is 36.7 Å². The van der Waals surface area contributed by atoms with E-state index in [2.05, 4.69) is 29.6 Å². The fraction of sp³-hybridized carbons (Fsp3) is 0.625. The van der Waals surface area contributed by atoms with Crippen molar-refractivity contribution in [3.8, 4) is 0 Å². The van der Waals surface area contributed by atoms with E-state index >= 15 is 0 Å². The highest BCUT2D eigenvalue weighted by molar-refractivity contribution is 5.70. The van der Waals surface area contributed by atoms with Crippen molar-refractivity contribution in [1.29, 1.82) is 0 Å². The van der Waals surface area contributed by atoms with E-state index < -0.39 is 18.4 Å². The van der Waals surface area contributed by atoms with Crippen molar-refractivity contribution >= 4 is 18.0 Å². The van der Waals surface area contributed by atoms with Gasteiger partial charge in [0.25, 0.3) is 5.97 Å². The number of amides is 1. The normalized spacial score (nSPS) is 15.6. The van der Waals surface area contributed by atoms with Gasteiger partial charge in [0.1, 0.15) is 0 Å². The number of carbonyl (C=O) groups excluding carboxylic acids is 2. The highest BCUT2D eigenvalue weighted by Gasteiger charge is 2.33. The SMILES string of the molecule is CC(=O)O.CCCC(OC(=O)CC)OC(=O)NCC1(Cc2ccccc2)CCCCC1. The second kappa shape index (κ2) is 14.4. The fourth-order valence-corrected chi connectivity index (χ4v) is 3.77. The maximum atomic E-state index is 12.3. The zero-order chi connectivity index (χ0) is 23.1. The number of ether oxygens (including phenoxy) is 2. The van der Waals surface area contributed by atoms with E-state index in [1.807, 2.05) is 13.0 Å². The van der Waals surface area contributed by atoms with E-state index in [0.29, 0.717) is 13.0 Å². The van der Waals surface area contributed by atoms with Gasteiger partial charge >= 0.3 is 12.1 Å². The van der Waals surface area contributed by atoms with Crippen molar-refractivity contribution in [2.24, 2.45) is 5.41 Å². The first-order valence-electron chi connectivity index (χ1n) is 11.2. The molecule has 0 aromatic heterocycles. The van der Waals surface area contributed by atoms with E-state index in [-0.39, 0.29) is 17.8 Å². The molecule has 0 bridgehead atoms. The molecule has 7 nitrogen and oxygen atoms in total. The number of carboxylic acid groups (broad SMARTS) is 1. The Balaban J connectivity index is 0.00000110. The van der Waals surface area contributed by atoms with Gasteiger partial charge in [0.15, 0.2) is 0 Å². The first-order valence-corrected chi connectivity index (χ1v) is 11.2. The van der Waals surface area contributed by atoms with Crippen molar-refractivity contribution in [1.82, 2.24) is 5.32 Å². The summed E-state index contributed by atoms with van der Waals surface area (Å²) in [6.07, 6.45) is 7.04. The lowest BCUT2D eigenvalue weighted by molar-refractivity contribution is -0.168. The lowest BCUT2D eigenvalue weighted by Crippen LogP contribution is -2.42. The van der Waals surface area contributed by atoms with Crippen LogP contribution < -0.4 is 5.32 Å². The minimum Gasteiger partial charge on any atom is -0.481 e. The van der Waals surface area contributed by atoms with Crippen molar-refractivity contribution in [2.75, 3.05) is 6.54 Å². The topological polar surface area (TPSA) is 102 Å². The number of esters is 1. The standard InChI is InChI=1S/C22H33NO4.C2H4O2/c1-3-11-20(26-19(24)4-2)27-21(25)23-17-22(14-9-6-10-15-22)16-18-12-7-5-8-13-18;1-2(3)4/h5,7-8,12-13,20H,3-4,6,9-11,14-17H2,1-2H3,(H,23,25);1H3,(H,3,4). The summed E-state index contributed by atoms with van der Waals surface area (Å²) in [6, 6.07) is 10.4. The summed E-state index contributed by atoms with van der Waals surface area (Å²) in [5, 5.41) is 10.4. The van der Waals surface area contributed by atoms with Gasteiger partial charge < -0.3 is 19.9 Å². The van der Waals surface area contributed by atoms with Crippen LogP contribution in [0.25, 0.3) is 0 Å². The summed E-state index contributed by atoms with van der Waals surface area (Å²) in [5.41, 5.74) is 1.37. The average molecular weight is 436 g/mol. The molecule has 0 saturated heterocycles. The first kappa shape index (κ1) is 26.5. The van der Waals surface area contributed by atoms with Gasteiger partial charge in [0.2, 0.25) is 6.29 Å². The first-order chi connectivity index (χ1) is 14.8. The number of rotatable bonds is 9. The van der Waals surface area contributed by atoms with Gasteiger partial charge in [-0.1, -0.05) is 63.4 Å². The quantitative estimate of drug-likeness (QED) is 0.414. The number of hydrogen-bond donors (Lipinski definition) is 2. The summed E-state index contributed by atoms with van der Waals surface area (Å²) in [4.78, 5) is 32.8. The molecule has 1 aromatic rings. The van der Waals surface area contributed by atoms with Crippen molar-refractivity contribution in [3.05, 3.63) is 35.9 Å². The minimum atomic E-state index is -0.833. The molecule has 1 aliphatic carbocycles. The summed E-state index contributed by atoms with van der Waals surface area (Å²) >= 11 is 0. The van der Waals surface area contributed by atoms with Crippen LogP contribution in [0, 0.1) is 5.41 Å². The summed E-state index contributed by atoms with van der Waals surface area (Å²) < 4.78 is 10.6. The van der Waals surface area contributed by atoms with Crippen LogP contribution in [0.1, 0.15) is 77.7 Å².